The number of aromatic nitrogens is 3. The molecule has 0 saturated carbocycles. The molecular weight excluding hydrogens is 637 g/mol. The number of terminal acetylenes is 1. The summed E-state index contributed by atoms with van der Waals surface area (Å²) >= 11 is 0. The number of nitrogens with zero attached hydrogens (tertiary/aromatic N) is 6. The van der Waals surface area contributed by atoms with E-state index in [0.29, 0.717) is 48.9 Å². The largest absolute Gasteiger partial charge is 0.472 e. The topological polar surface area (TPSA) is 104 Å². The van der Waals surface area contributed by atoms with Crippen molar-refractivity contribution in [3.05, 3.63) is 47.5 Å². The Balaban J connectivity index is 1.25. The van der Waals surface area contributed by atoms with Crippen molar-refractivity contribution < 1.29 is 32.5 Å². The quantitative estimate of drug-likeness (QED) is 0.281. The van der Waals surface area contributed by atoms with E-state index in [2.05, 4.69) is 15.8 Å². The molecule has 2 unspecified atom stereocenters. The standard InChI is InChI=1S/C36H33F3N6O4/c1-3-22-24(38)10-8-19-6-4-7-23(26(19)22)29-28(39)30-27-32(42-34(41-30)48-17-36-12-5-13-43(36)15-20(37)14-36)44-16-21-9-11-25(45(21)35(46)47)31(44)18(2)49-33(27)40-29/h1,4,6-8,10,18,20-21,25,31H,5,9,11-17H2,2H3,(H,46,47)/t18-,20+,21+,25?,31?,36-/m0/s1. The van der Waals surface area contributed by atoms with Crippen LogP contribution < -0.4 is 14.4 Å². The highest BCUT2D eigenvalue weighted by molar-refractivity contribution is 6.03. The number of anilines is 1. The van der Waals surface area contributed by atoms with Crippen LogP contribution in [0.25, 0.3) is 32.9 Å². The molecule has 5 aliphatic heterocycles. The van der Waals surface area contributed by atoms with Crippen LogP contribution in [0.5, 0.6) is 11.9 Å². The Morgan fingerprint density at radius 2 is 2.02 bits per heavy atom. The molecule has 6 atom stereocenters. The molecule has 1 amide bonds. The minimum Gasteiger partial charge on any atom is -0.472 e. The highest BCUT2D eigenvalue weighted by atomic mass is 19.1. The predicted octanol–water partition coefficient (Wildman–Crippen LogP) is 5.54. The summed E-state index contributed by atoms with van der Waals surface area (Å²) in [5, 5.41) is 11.3. The molecule has 7 heterocycles. The third-order valence-corrected chi connectivity index (χ3v) is 11.3. The molecule has 13 heteroatoms. The Bertz CT molecular complexity index is 2110. The van der Waals surface area contributed by atoms with Crippen LogP contribution in [0, 0.1) is 24.0 Å². The molecule has 4 aromatic rings. The van der Waals surface area contributed by atoms with Crippen LogP contribution >= 0.6 is 0 Å². The fourth-order valence-electron chi connectivity index (χ4n) is 9.30. The molecule has 1 N–H and O–H groups in total. The molecule has 0 radical (unpaired) electrons. The van der Waals surface area contributed by atoms with Gasteiger partial charge in [-0.05, 0) is 50.6 Å². The number of hydrogen-bond acceptors (Lipinski definition) is 8. The summed E-state index contributed by atoms with van der Waals surface area (Å²) in [6, 6.07) is 6.71. The number of benzene rings is 2. The van der Waals surface area contributed by atoms with E-state index < -0.39 is 47.6 Å². The van der Waals surface area contributed by atoms with Crippen LogP contribution in [0.2, 0.25) is 0 Å². The second-order valence-electron chi connectivity index (χ2n) is 13.9. The Morgan fingerprint density at radius 3 is 2.84 bits per heavy atom. The van der Waals surface area contributed by atoms with Gasteiger partial charge in [-0.25, -0.2) is 22.9 Å². The third-order valence-electron chi connectivity index (χ3n) is 11.3. The van der Waals surface area contributed by atoms with Crippen LogP contribution in [-0.4, -0.2) is 98.1 Å². The first-order chi connectivity index (χ1) is 23.7. The number of alkyl halides is 1. The highest BCUT2D eigenvalue weighted by Gasteiger charge is 2.53. The van der Waals surface area contributed by atoms with Crippen LogP contribution in [-0.2, 0) is 0 Å². The molecule has 4 saturated heterocycles. The Hall–Kier alpha value is -4.83. The summed E-state index contributed by atoms with van der Waals surface area (Å²) in [5.41, 5.74) is -0.496. The van der Waals surface area contributed by atoms with E-state index >= 15 is 4.39 Å². The predicted molar refractivity (Wildman–Crippen MR) is 175 cm³/mol. The van der Waals surface area contributed by atoms with Gasteiger partial charge in [0.1, 0.15) is 47.1 Å². The first-order valence-corrected chi connectivity index (χ1v) is 16.7. The third kappa shape index (κ3) is 4.39. The normalized spacial score (nSPS) is 28.7. The van der Waals surface area contributed by atoms with Gasteiger partial charge in [-0.2, -0.15) is 9.97 Å². The van der Waals surface area contributed by atoms with Crippen molar-refractivity contribution >= 4 is 33.6 Å². The second-order valence-corrected chi connectivity index (χ2v) is 13.9. The molecule has 2 bridgehead atoms. The molecule has 4 fully saturated rings. The zero-order valence-electron chi connectivity index (χ0n) is 26.7. The Labute approximate surface area is 279 Å². The fraction of sp³-hybridized carbons (Fsp3) is 0.444. The van der Waals surface area contributed by atoms with Gasteiger partial charge in [-0.3, -0.25) is 9.80 Å². The molecule has 5 aliphatic rings. The minimum atomic E-state index is -1.000. The fourth-order valence-corrected chi connectivity index (χ4v) is 9.30. The second kappa shape index (κ2) is 10.8. The summed E-state index contributed by atoms with van der Waals surface area (Å²) in [5.74, 6) is 1.41. The molecule has 252 valence electrons. The lowest BCUT2D eigenvalue weighted by atomic mass is 9.95. The average molecular weight is 671 g/mol. The van der Waals surface area contributed by atoms with E-state index in [-0.39, 0.29) is 52.3 Å². The number of pyridine rings is 1. The molecule has 9 rings (SSSR count). The number of amides is 1. The number of ether oxygens (including phenoxy) is 2. The number of fused-ring (bicyclic) bond motifs is 7. The van der Waals surface area contributed by atoms with E-state index in [0.717, 1.165) is 19.4 Å². The van der Waals surface area contributed by atoms with Gasteiger partial charge in [-0.15, -0.1) is 6.42 Å². The SMILES string of the molecule is C#Cc1c(F)ccc2cccc(-c3nc4c5c(nc(OC[C@@]67CCCN6C[C@H](F)C7)nc5c3F)N3C[C@H]5CCC(C3[C@H](C)O4)N5C(=O)O)c12. The van der Waals surface area contributed by atoms with Crippen LogP contribution in [0.3, 0.4) is 0 Å². The molecule has 0 aliphatic carbocycles. The lowest BCUT2D eigenvalue weighted by Crippen LogP contribution is -2.64. The van der Waals surface area contributed by atoms with Crippen LogP contribution in [0.4, 0.5) is 23.8 Å². The summed E-state index contributed by atoms with van der Waals surface area (Å²) in [6.45, 7) is 3.41. The first-order valence-electron chi connectivity index (χ1n) is 16.7. The monoisotopic (exact) mass is 670 g/mol. The molecule has 2 aromatic carbocycles. The molecular formula is C36H33F3N6O4. The number of carboxylic acid groups (broad SMARTS) is 1. The van der Waals surface area contributed by atoms with Gasteiger partial charge in [0.2, 0.25) is 5.88 Å². The number of piperazine rings is 1. The van der Waals surface area contributed by atoms with Crippen molar-refractivity contribution in [1.29, 1.82) is 0 Å². The minimum absolute atomic E-state index is 0.0213. The number of carbonyl (C=O) groups is 1. The summed E-state index contributed by atoms with van der Waals surface area (Å²) in [4.78, 5) is 32.2. The van der Waals surface area contributed by atoms with E-state index in [1.54, 1.807) is 24.3 Å². The summed E-state index contributed by atoms with van der Waals surface area (Å²) in [7, 11) is 0. The Morgan fingerprint density at radius 1 is 1.16 bits per heavy atom. The summed E-state index contributed by atoms with van der Waals surface area (Å²) in [6.07, 6.45) is 6.53. The van der Waals surface area contributed by atoms with E-state index in [1.165, 1.54) is 11.0 Å². The first kappa shape index (κ1) is 30.2. The van der Waals surface area contributed by atoms with Crippen molar-refractivity contribution in [1.82, 2.24) is 24.8 Å². The Kier molecular flexibility index (Phi) is 6.69. The van der Waals surface area contributed by atoms with Gasteiger partial charge in [-0.1, -0.05) is 30.2 Å². The van der Waals surface area contributed by atoms with E-state index in [4.69, 9.17) is 25.9 Å². The number of hydrogen-bond donors (Lipinski definition) is 1. The van der Waals surface area contributed by atoms with Crippen molar-refractivity contribution in [2.24, 2.45) is 0 Å². The maximum Gasteiger partial charge on any atom is 0.407 e. The molecule has 49 heavy (non-hydrogen) atoms. The van der Waals surface area contributed by atoms with Crippen molar-refractivity contribution in [3.63, 3.8) is 0 Å². The number of rotatable bonds is 4. The van der Waals surface area contributed by atoms with Gasteiger partial charge in [0.05, 0.1) is 29.2 Å². The lowest BCUT2D eigenvalue weighted by molar-refractivity contribution is 0.0706. The summed E-state index contributed by atoms with van der Waals surface area (Å²) < 4.78 is 59.5. The maximum atomic E-state index is 17.1. The van der Waals surface area contributed by atoms with E-state index in [1.807, 2.05) is 11.8 Å². The molecule has 10 nitrogen and oxygen atoms in total. The van der Waals surface area contributed by atoms with Crippen LogP contribution in [0.1, 0.15) is 44.6 Å². The number of halogens is 3. The van der Waals surface area contributed by atoms with E-state index in [9.17, 15) is 18.7 Å². The molecule has 2 aromatic heterocycles. The van der Waals surface area contributed by atoms with Crippen molar-refractivity contribution in [2.45, 2.75) is 75.0 Å². The highest BCUT2D eigenvalue weighted by Crippen LogP contribution is 2.47. The maximum absolute atomic E-state index is 17.1. The van der Waals surface area contributed by atoms with Crippen molar-refractivity contribution in [2.75, 3.05) is 31.1 Å². The zero-order chi connectivity index (χ0) is 33.8. The van der Waals surface area contributed by atoms with Gasteiger partial charge in [0.15, 0.2) is 5.82 Å². The van der Waals surface area contributed by atoms with Crippen molar-refractivity contribution in [3.8, 4) is 35.5 Å². The van der Waals surface area contributed by atoms with Gasteiger partial charge >= 0.3 is 12.1 Å². The smallest absolute Gasteiger partial charge is 0.407 e. The zero-order valence-corrected chi connectivity index (χ0v) is 26.7. The van der Waals surface area contributed by atoms with Gasteiger partial charge in [0.25, 0.3) is 0 Å². The lowest BCUT2D eigenvalue weighted by Gasteiger charge is -2.47. The van der Waals surface area contributed by atoms with Gasteiger partial charge in [0, 0.05) is 30.5 Å². The average Bonchev–Trinajstić information content (AvgIpc) is 3.69. The van der Waals surface area contributed by atoms with Crippen LogP contribution in [0.15, 0.2) is 30.3 Å². The van der Waals surface area contributed by atoms with Gasteiger partial charge < -0.3 is 19.5 Å². The molecule has 0 spiro atoms.